The minimum atomic E-state index is -0.402. The molecular formula is C23H22O5. The lowest BCUT2D eigenvalue weighted by Crippen LogP contribution is -2.07. The average molecular weight is 378 g/mol. The maximum absolute atomic E-state index is 12.3. The Hall–Kier alpha value is -3.47. The second-order valence-electron chi connectivity index (χ2n) is 6.03. The number of methoxy groups -OCH3 is 2. The first-order valence-electron chi connectivity index (χ1n) is 8.85. The molecule has 0 spiro atoms. The van der Waals surface area contributed by atoms with Crippen LogP contribution in [0.2, 0.25) is 0 Å². The Labute approximate surface area is 164 Å². The van der Waals surface area contributed by atoms with E-state index in [2.05, 4.69) is 0 Å². The molecule has 0 aromatic heterocycles. The molecule has 3 rings (SSSR count). The van der Waals surface area contributed by atoms with Crippen LogP contribution in [0.4, 0.5) is 0 Å². The summed E-state index contributed by atoms with van der Waals surface area (Å²) < 4.78 is 21.7. The van der Waals surface area contributed by atoms with Crippen LogP contribution in [0.15, 0.2) is 72.8 Å². The van der Waals surface area contributed by atoms with Crippen molar-refractivity contribution >= 4 is 5.97 Å². The molecule has 0 fully saturated rings. The molecule has 0 saturated carbocycles. The number of para-hydroxylation sites is 2. The molecule has 0 atom stereocenters. The third-order valence-corrected chi connectivity index (χ3v) is 4.18. The highest BCUT2D eigenvalue weighted by Gasteiger charge is 2.13. The van der Waals surface area contributed by atoms with E-state index in [1.165, 1.54) is 0 Å². The summed E-state index contributed by atoms with van der Waals surface area (Å²) in [6.45, 7) is 0.526. The number of benzene rings is 3. The van der Waals surface area contributed by atoms with Gasteiger partial charge in [-0.1, -0.05) is 42.5 Å². The zero-order valence-electron chi connectivity index (χ0n) is 15.9. The third-order valence-electron chi connectivity index (χ3n) is 4.18. The lowest BCUT2D eigenvalue weighted by atomic mass is 10.1. The van der Waals surface area contributed by atoms with Crippen LogP contribution in [0.25, 0.3) is 0 Å². The van der Waals surface area contributed by atoms with Gasteiger partial charge in [-0.15, -0.1) is 0 Å². The number of carbonyl (C=O) groups is 1. The van der Waals surface area contributed by atoms with Gasteiger partial charge in [0.15, 0.2) is 11.5 Å². The zero-order chi connectivity index (χ0) is 19.8. The molecule has 28 heavy (non-hydrogen) atoms. The van der Waals surface area contributed by atoms with E-state index in [4.69, 9.17) is 18.9 Å². The van der Waals surface area contributed by atoms with E-state index in [9.17, 15) is 4.79 Å². The van der Waals surface area contributed by atoms with Gasteiger partial charge in [-0.2, -0.15) is 0 Å². The van der Waals surface area contributed by atoms with Gasteiger partial charge in [0.25, 0.3) is 0 Å². The molecule has 3 aromatic rings. The molecule has 0 N–H and O–H groups in total. The maximum atomic E-state index is 12.3. The molecule has 0 heterocycles. The van der Waals surface area contributed by atoms with Gasteiger partial charge in [0.2, 0.25) is 0 Å². The molecule has 144 valence electrons. The van der Waals surface area contributed by atoms with E-state index in [-0.39, 0.29) is 6.61 Å². The first-order valence-corrected chi connectivity index (χ1v) is 8.85. The summed E-state index contributed by atoms with van der Waals surface area (Å²) in [6.07, 6.45) is 0. The van der Waals surface area contributed by atoms with Gasteiger partial charge in [-0.3, -0.25) is 0 Å². The molecular weight excluding hydrogens is 356 g/mol. The van der Waals surface area contributed by atoms with Crippen molar-refractivity contribution in [3.8, 4) is 17.2 Å². The fraction of sp³-hybridized carbons (Fsp3) is 0.174. The van der Waals surface area contributed by atoms with Crippen LogP contribution in [-0.2, 0) is 18.0 Å². The van der Waals surface area contributed by atoms with E-state index in [1.54, 1.807) is 32.4 Å². The standard InChI is InChI=1S/C23H22O5/c1-25-21-10-6-7-19(22(21)26-2)16-28-23(24)18-13-11-17(12-14-18)15-27-20-8-4-3-5-9-20/h3-14H,15-16H2,1-2H3. The topological polar surface area (TPSA) is 54.0 Å². The smallest absolute Gasteiger partial charge is 0.338 e. The Balaban J connectivity index is 1.58. The summed E-state index contributed by atoms with van der Waals surface area (Å²) in [5.41, 5.74) is 2.18. The largest absolute Gasteiger partial charge is 0.493 e. The molecule has 0 aliphatic rings. The summed E-state index contributed by atoms with van der Waals surface area (Å²) in [4.78, 5) is 12.3. The summed E-state index contributed by atoms with van der Waals surface area (Å²) >= 11 is 0. The fourth-order valence-corrected chi connectivity index (χ4v) is 2.71. The van der Waals surface area contributed by atoms with E-state index >= 15 is 0 Å². The van der Waals surface area contributed by atoms with E-state index in [1.807, 2.05) is 54.6 Å². The van der Waals surface area contributed by atoms with Gasteiger partial charge in [0.05, 0.1) is 19.8 Å². The van der Waals surface area contributed by atoms with Crippen molar-refractivity contribution in [3.63, 3.8) is 0 Å². The highest BCUT2D eigenvalue weighted by atomic mass is 16.5. The average Bonchev–Trinajstić information content (AvgIpc) is 2.76. The highest BCUT2D eigenvalue weighted by molar-refractivity contribution is 5.89. The maximum Gasteiger partial charge on any atom is 0.338 e. The first kappa shape index (κ1) is 19.3. The number of ether oxygens (including phenoxy) is 4. The molecule has 0 amide bonds. The van der Waals surface area contributed by atoms with Crippen molar-refractivity contribution in [2.75, 3.05) is 14.2 Å². The molecule has 0 aliphatic carbocycles. The van der Waals surface area contributed by atoms with Gasteiger partial charge in [0, 0.05) is 5.56 Å². The number of carbonyl (C=O) groups excluding carboxylic acids is 1. The third kappa shape index (κ3) is 4.82. The normalized spacial score (nSPS) is 10.2. The molecule has 0 bridgehead atoms. The number of hydrogen-bond donors (Lipinski definition) is 0. The fourth-order valence-electron chi connectivity index (χ4n) is 2.71. The summed E-state index contributed by atoms with van der Waals surface area (Å²) in [5, 5.41) is 0. The van der Waals surface area contributed by atoms with Gasteiger partial charge >= 0.3 is 5.97 Å². The molecule has 3 aromatic carbocycles. The van der Waals surface area contributed by atoms with E-state index in [0.717, 1.165) is 16.9 Å². The minimum Gasteiger partial charge on any atom is -0.493 e. The quantitative estimate of drug-likeness (QED) is 0.535. The van der Waals surface area contributed by atoms with E-state index < -0.39 is 5.97 Å². The summed E-state index contributed by atoms with van der Waals surface area (Å²) in [5.74, 6) is 1.56. The van der Waals surface area contributed by atoms with Gasteiger partial charge in [-0.25, -0.2) is 4.79 Å². The van der Waals surface area contributed by atoms with Crippen LogP contribution >= 0.6 is 0 Å². The second-order valence-corrected chi connectivity index (χ2v) is 6.03. The molecule has 5 nitrogen and oxygen atoms in total. The van der Waals surface area contributed by atoms with Crippen LogP contribution in [0.5, 0.6) is 17.2 Å². The lowest BCUT2D eigenvalue weighted by molar-refractivity contribution is 0.0469. The SMILES string of the molecule is COc1cccc(COC(=O)c2ccc(COc3ccccc3)cc2)c1OC. The number of esters is 1. The molecule has 0 radical (unpaired) electrons. The Morgan fingerprint density at radius 3 is 2.21 bits per heavy atom. The minimum absolute atomic E-state index is 0.0953. The summed E-state index contributed by atoms with van der Waals surface area (Å²) in [7, 11) is 3.12. The van der Waals surface area contributed by atoms with Crippen molar-refractivity contribution in [1.82, 2.24) is 0 Å². The van der Waals surface area contributed by atoms with Gasteiger partial charge in [0.1, 0.15) is 19.0 Å². The Kier molecular flexibility index (Phi) is 6.52. The van der Waals surface area contributed by atoms with E-state index in [0.29, 0.717) is 23.7 Å². The Bertz CT molecular complexity index is 904. The Morgan fingerprint density at radius 2 is 1.54 bits per heavy atom. The molecule has 0 unspecified atom stereocenters. The lowest BCUT2D eigenvalue weighted by Gasteiger charge is -2.13. The molecule has 0 aliphatic heterocycles. The van der Waals surface area contributed by atoms with Crippen molar-refractivity contribution in [3.05, 3.63) is 89.5 Å². The van der Waals surface area contributed by atoms with Crippen molar-refractivity contribution in [1.29, 1.82) is 0 Å². The summed E-state index contributed by atoms with van der Waals surface area (Å²) in [6, 6.07) is 22.2. The second kappa shape index (κ2) is 9.46. The predicted octanol–water partition coefficient (Wildman–Crippen LogP) is 4.64. The van der Waals surface area contributed by atoms with Crippen molar-refractivity contribution in [2.24, 2.45) is 0 Å². The molecule has 0 saturated heterocycles. The van der Waals surface area contributed by atoms with Crippen LogP contribution in [0.3, 0.4) is 0 Å². The predicted molar refractivity (Wildman–Crippen MR) is 106 cm³/mol. The number of rotatable bonds is 8. The first-order chi connectivity index (χ1) is 13.7. The van der Waals surface area contributed by atoms with Crippen molar-refractivity contribution < 1.29 is 23.7 Å². The van der Waals surface area contributed by atoms with Crippen molar-refractivity contribution in [2.45, 2.75) is 13.2 Å². The highest BCUT2D eigenvalue weighted by Crippen LogP contribution is 2.31. The van der Waals surface area contributed by atoms with Crippen LogP contribution in [-0.4, -0.2) is 20.2 Å². The van der Waals surface area contributed by atoms with Crippen LogP contribution in [0, 0.1) is 0 Å². The van der Waals surface area contributed by atoms with Crippen LogP contribution < -0.4 is 14.2 Å². The molecule has 5 heteroatoms. The van der Waals surface area contributed by atoms with Gasteiger partial charge in [-0.05, 0) is 35.9 Å². The zero-order valence-corrected chi connectivity index (χ0v) is 15.9. The van der Waals surface area contributed by atoms with Gasteiger partial charge < -0.3 is 18.9 Å². The number of hydrogen-bond acceptors (Lipinski definition) is 5. The monoisotopic (exact) mass is 378 g/mol. The Morgan fingerprint density at radius 1 is 0.786 bits per heavy atom. The van der Waals surface area contributed by atoms with Crippen LogP contribution in [0.1, 0.15) is 21.5 Å².